The lowest BCUT2D eigenvalue weighted by molar-refractivity contribution is 1.42. The summed E-state index contributed by atoms with van der Waals surface area (Å²) in [5, 5.41) is 16.1. The van der Waals surface area contributed by atoms with Crippen LogP contribution >= 0.6 is 24.8 Å². The van der Waals surface area contributed by atoms with E-state index >= 15 is 0 Å². The van der Waals surface area contributed by atoms with E-state index < -0.39 is 0 Å². The van der Waals surface area contributed by atoms with Crippen molar-refractivity contribution < 1.29 is 0 Å². The lowest BCUT2D eigenvalue weighted by Crippen LogP contribution is -2.11. The van der Waals surface area contributed by atoms with Crippen LogP contribution in [0.1, 0.15) is 11.1 Å². The van der Waals surface area contributed by atoms with E-state index in [0.717, 1.165) is 22.0 Å². The molecule has 1 aromatic heterocycles. The number of nitrogen functional groups attached to an aromatic ring is 2. The van der Waals surface area contributed by atoms with E-state index in [0.29, 0.717) is 11.1 Å². The Morgan fingerprint density at radius 2 is 1.43 bits per heavy atom. The van der Waals surface area contributed by atoms with Gasteiger partial charge in [-0.05, 0) is 29.3 Å². The van der Waals surface area contributed by atoms with Crippen LogP contribution < -0.4 is 11.5 Å². The zero-order chi connectivity index (χ0) is 15.0. The summed E-state index contributed by atoms with van der Waals surface area (Å²) in [6.07, 6.45) is 1.86. The summed E-state index contributed by atoms with van der Waals surface area (Å²) in [5.74, 6) is 0.0823. The minimum Gasteiger partial charge on any atom is -0.384 e. The molecule has 0 radical (unpaired) electrons. The molecule has 0 atom stereocenters. The standard InChI is InChI=1S/C16H15N5.2ClH/c17-15(18)10-3-1-9(2-4-10)13-7-11(16(19)20)8-14-12(13)5-6-21-14;;/h1-8,21H,(H3,17,18)(H3,19,20);2*1H. The van der Waals surface area contributed by atoms with Gasteiger partial charge in [-0.1, -0.05) is 24.3 Å². The lowest BCUT2D eigenvalue weighted by Gasteiger charge is -2.08. The van der Waals surface area contributed by atoms with Gasteiger partial charge in [0.15, 0.2) is 0 Å². The predicted molar refractivity (Wildman–Crippen MR) is 100 cm³/mol. The first kappa shape index (κ1) is 18.5. The molecule has 7 heteroatoms. The van der Waals surface area contributed by atoms with E-state index in [1.54, 1.807) is 0 Å². The van der Waals surface area contributed by atoms with Crippen molar-refractivity contribution in [3.8, 4) is 11.1 Å². The highest BCUT2D eigenvalue weighted by atomic mass is 35.5. The highest BCUT2D eigenvalue weighted by Gasteiger charge is 2.09. The summed E-state index contributed by atoms with van der Waals surface area (Å²) >= 11 is 0. The summed E-state index contributed by atoms with van der Waals surface area (Å²) in [6, 6.07) is 13.2. The molecule has 0 fully saturated rings. The zero-order valence-electron chi connectivity index (χ0n) is 12.1. The number of halogens is 2. The molecule has 120 valence electrons. The number of fused-ring (bicyclic) bond motifs is 1. The average Bonchev–Trinajstić information content (AvgIpc) is 2.94. The summed E-state index contributed by atoms with van der Waals surface area (Å²) < 4.78 is 0. The number of rotatable bonds is 3. The van der Waals surface area contributed by atoms with Gasteiger partial charge >= 0.3 is 0 Å². The molecule has 0 unspecified atom stereocenters. The largest absolute Gasteiger partial charge is 0.384 e. The molecule has 0 saturated heterocycles. The van der Waals surface area contributed by atoms with Crippen LogP contribution in [0.2, 0.25) is 0 Å². The normalized spacial score (nSPS) is 9.74. The van der Waals surface area contributed by atoms with Crippen LogP contribution in [0.3, 0.4) is 0 Å². The summed E-state index contributed by atoms with van der Waals surface area (Å²) in [5.41, 5.74) is 15.4. The number of aromatic nitrogens is 1. The molecule has 3 rings (SSSR count). The van der Waals surface area contributed by atoms with Crippen LogP contribution in [-0.4, -0.2) is 16.7 Å². The van der Waals surface area contributed by atoms with E-state index in [2.05, 4.69) is 4.98 Å². The third kappa shape index (κ3) is 3.47. The Hall–Kier alpha value is -2.50. The maximum absolute atomic E-state index is 7.63. The van der Waals surface area contributed by atoms with Gasteiger partial charge in [0.05, 0.1) is 0 Å². The molecule has 0 aliphatic carbocycles. The third-order valence-corrected chi connectivity index (χ3v) is 3.49. The smallest absolute Gasteiger partial charge is 0.122 e. The first-order valence-corrected chi connectivity index (χ1v) is 6.46. The Bertz CT molecular complexity index is 853. The quantitative estimate of drug-likeness (QED) is 0.368. The molecule has 7 N–H and O–H groups in total. The van der Waals surface area contributed by atoms with Crippen molar-refractivity contribution in [1.29, 1.82) is 10.8 Å². The van der Waals surface area contributed by atoms with Crippen LogP contribution in [0.4, 0.5) is 0 Å². The van der Waals surface area contributed by atoms with Crippen LogP contribution in [0, 0.1) is 10.8 Å². The minimum absolute atomic E-state index is 0. The molecule has 3 aromatic rings. The molecule has 1 heterocycles. The maximum atomic E-state index is 7.63. The highest BCUT2D eigenvalue weighted by molar-refractivity contribution is 6.04. The predicted octanol–water partition coefficient (Wildman–Crippen LogP) is 3.25. The third-order valence-electron chi connectivity index (χ3n) is 3.49. The number of hydrogen-bond acceptors (Lipinski definition) is 2. The molecule has 0 amide bonds. The Balaban J connectivity index is 0.00000132. The van der Waals surface area contributed by atoms with Gasteiger partial charge in [-0.2, -0.15) is 0 Å². The monoisotopic (exact) mass is 349 g/mol. The van der Waals surface area contributed by atoms with E-state index in [1.807, 2.05) is 48.7 Å². The van der Waals surface area contributed by atoms with Gasteiger partial charge in [0, 0.05) is 28.2 Å². The van der Waals surface area contributed by atoms with Crippen LogP contribution in [0.5, 0.6) is 0 Å². The van der Waals surface area contributed by atoms with Crippen LogP contribution in [-0.2, 0) is 0 Å². The van der Waals surface area contributed by atoms with Crippen molar-refractivity contribution in [3.05, 3.63) is 59.8 Å². The van der Waals surface area contributed by atoms with Crippen LogP contribution in [0.25, 0.3) is 22.0 Å². The Labute approximate surface area is 145 Å². The molecule has 0 saturated carbocycles. The molecule has 0 spiro atoms. The number of nitrogens with one attached hydrogen (secondary N) is 3. The highest BCUT2D eigenvalue weighted by Crippen LogP contribution is 2.30. The van der Waals surface area contributed by atoms with Gasteiger partial charge in [-0.25, -0.2) is 0 Å². The van der Waals surface area contributed by atoms with Gasteiger partial charge in [-0.3, -0.25) is 10.8 Å². The number of aromatic amines is 1. The fraction of sp³-hybridized carbons (Fsp3) is 0. The van der Waals surface area contributed by atoms with Gasteiger partial charge in [0.1, 0.15) is 11.7 Å². The first-order chi connectivity index (χ1) is 10.1. The Morgan fingerprint density at radius 3 is 2.00 bits per heavy atom. The molecule has 0 aliphatic rings. The van der Waals surface area contributed by atoms with E-state index in [1.165, 1.54) is 0 Å². The maximum Gasteiger partial charge on any atom is 0.122 e. The molecule has 0 bridgehead atoms. The lowest BCUT2D eigenvalue weighted by atomic mass is 9.97. The number of amidine groups is 2. The molecular formula is C16H17Cl2N5. The van der Waals surface area contributed by atoms with E-state index in [9.17, 15) is 0 Å². The number of nitrogens with two attached hydrogens (primary N) is 2. The fourth-order valence-electron chi connectivity index (χ4n) is 2.39. The number of H-pyrrole nitrogens is 1. The zero-order valence-corrected chi connectivity index (χ0v) is 13.7. The Morgan fingerprint density at radius 1 is 0.826 bits per heavy atom. The molecule has 5 nitrogen and oxygen atoms in total. The van der Waals surface area contributed by atoms with Crippen molar-refractivity contribution in [1.82, 2.24) is 4.98 Å². The molecule has 0 aliphatic heterocycles. The molecule has 2 aromatic carbocycles. The second kappa shape index (κ2) is 7.17. The molecule has 23 heavy (non-hydrogen) atoms. The second-order valence-corrected chi connectivity index (χ2v) is 4.87. The van der Waals surface area contributed by atoms with Gasteiger partial charge < -0.3 is 16.5 Å². The van der Waals surface area contributed by atoms with Crippen molar-refractivity contribution in [2.45, 2.75) is 0 Å². The van der Waals surface area contributed by atoms with Crippen molar-refractivity contribution in [3.63, 3.8) is 0 Å². The summed E-state index contributed by atoms with van der Waals surface area (Å²) in [4.78, 5) is 3.15. The van der Waals surface area contributed by atoms with Gasteiger partial charge in [-0.15, -0.1) is 24.8 Å². The molecular weight excluding hydrogens is 333 g/mol. The van der Waals surface area contributed by atoms with E-state index in [4.69, 9.17) is 22.3 Å². The number of benzene rings is 2. The summed E-state index contributed by atoms with van der Waals surface area (Å²) in [6.45, 7) is 0. The van der Waals surface area contributed by atoms with E-state index in [-0.39, 0.29) is 36.5 Å². The van der Waals surface area contributed by atoms with Gasteiger partial charge in [0.25, 0.3) is 0 Å². The second-order valence-electron chi connectivity index (χ2n) is 4.87. The van der Waals surface area contributed by atoms with Crippen molar-refractivity contribution >= 4 is 47.4 Å². The topological polar surface area (TPSA) is 116 Å². The average molecular weight is 350 g/mol. The van der Waals surface area contributed by atoms with Crippen molar-refractivity contribution in [2.75, 3.05) is 0 Å². The van der Waals surface area contributed by atoms with Crippen molar-refractivity contribution in [2.24, 2.45) is 11.5 Å². The van der Waals surface area contributed by atoms with Gasteiger partial charge in [0.2, 0.25) is 0 Å². The fourth-order valence-corrected chi connectivity index (χ4v) is 2.39. The first-order valence-electron chi connectivity index (χ1n) is 6.46. The summed E-state index contributed by atoms with van der Waals surface area (Å²) in [7, 11) is 0. The minimum atomic E-state index is 0. The SMILES string of the molecule is Cl.Cl.N=C(N)c1ccc(-c2cc(C(=N)N)cc3[nH]ccc23)cc1. The van der Waals surface area contributed by atoms with Crippen LogP contribution in [0.15, 0.2) is 48.7 Å². The Kier molecular flexibility index (Phi) is 5.79. The number of hydrogen-bond donors (Lipinski definition) is 5.